The molecule has 3 nitrogen and oxygen atoms in total. The second kappa shape index (κ2) is 8.66. The van der Waals surface area contributed by atoms with Gasteiger partial charge in [0.25, 0.3) is 0 Å². The highest BCUT2D eigenvalue weighted by atomic mass is 32.2. The Morgan fingerprint density at radius 1 is 1.18 bits per heavy atom. The van der Waals surface area contributed by atoms with Crippen molar-refractivity contribution in [1.82, 2.24) is 0 Å². The molecule has 0 fully saturated rings. The van der Waals surface area contributed by atoms with Gasteiger partial charge in [0.15, 0.2) is 0 Å². The maximum atomic E-state index is 12.8. The van der Waals surface area contributed by atoms with Gasteiger partial charge in [0.1, 0.15) is 17.4 Å². The highest BCUT2D eigenvalue weighted by molar-refractivity contribution is 7.99. The normalized spacial score (nSPS) is 18.2. The largest absolute Gasteiger partial charge is 0.511 e. The van der Waals surface area contributed by atoms with E-state index in [4.69, 9.17) is 4.74 Å². The first-order valence-corrected chi connectivity index (χ1v) is 10.8. The van der Waals surface area contributed by atoms with Gasteiger partial charge in [-0.25, -0.2) is 4.79 Å². The maximum Gasteiger partial charge on any atom is 0.342 e. The fourth-order valence-electron chi connectivity index (χ4n) is 3.66. The fraction of sp³-hybridized carbons (Fsp3) is 0.348. The topological polar surface area (TPSA) is 46.5 Å². The average Bonchev–Trinajstić information content (AvgIpc) is 2.62. The van der Waals surface area contributed by atoms with Crippen LogP contribution in [-0.4, -0.2) is 22.9 Å². The summed E-state index contributed by atoms with van der Waals surface area (Å²) in [6, 6.07) is 12.0. The van der Waals surface area contributed by atoms with E-state index >= 15 is 0 Å². The van der Waals surface area contributed by atoms with Crippen molar-refractivity contribution < 1.29 is 14.6 Å². The first-order chi connectivity index (χ1) is 13.3. The van der Waals surface area contributed by atoms with Crippen LogP contribution in [0.15, 0.2) is 51.9 Å². The quantitative estimate of drug-likeness (QED) is 0.362. The van der Waals surface area contributed by atoms with Crippen molar-refractivity contribution in [3.8, 4) is 0 Å². The standard InChI is InChI=1S/C23H26O3S2/c1-13-9-14(2)21(15(3)10-13)22-19(24)11-20(26-23(22)25)16(4)12-28-18-7-5-17(27)6-8-18/h5-10,16,20,24,27H,11-12H2,1-4H3. The number of esters is 1. The van der Waals surface area contributed by atoms with E-state index in [1.54, 1.807) is 11.8 Å². The molecule has 0 bridgehead atoms. The molecule has 5 heteroatoms. The van der Waals surface area contributed by atoms with Crippen molar-refractivity contribution in [3.63, 3.8) is 0 Å². The van der Waals surface area contributed by atoms with Crippen molar-refractivity contribution in [3.05, 3.63) is 64.4 Å². The molecule has 2 aromatic carbocycles. The SMILES string of the molecule is Cc1cc(C)c(C2=C(O)CC(C(C)CSc3ccc(S)cc3)OC2=O)c(C)c1. The minimum absolute atomic E-state index is 0.119. The van der Waals surface area contributed by atoms with Gasteiger partial charge in [0, 0.05) is 27.9 Å². The predicted octanol–water partition coefficient (Wildman–Crippen LogP) is 5.91. The molecule has 0 aromatic heterocycles. The smallest absolute Gasteiger partial charge is 0.342 e. The molecule has 148 valence electrons. The van der Waals surface area contributed by atoms with Gasteiger partial charge < -0.3 is 9.84 Å². The molecule has 2 aromatic rings. The summed E-state index contributed by atoms with van der Waals surface area (Å²) in [6.45, 7) is 8.00. The molecular weight excluding hydrogens is 388 g/mol. The van der Waals surface area contributed by atoms with Crippen LogP contribution in [0.25, 0.3) is 5.57 Å². The maximum absolute atomic E-state index is 12.8. The van der Waals surface area contributed by atoms with Crippen molar-refractivity contribution in [2.75, 3.05) is 5.75 Å². The lowest BCUT2D eigenvalue weighted by Crippen LogP contribution is -2.32. The number of thioether (sulfide) groups is 1. The number of cyclic esters (lactones) is 1. The first-order valence-electron chi connectivity index (χ1n) is 9.39. The van der Waals surface area contributed by atoms with Gasteiger partial charge in [-0.15, -0.1) is 24.4 Å². The van der Waals surface area contributed by atoms with E-state index in [-0.39, 0.29) is 17.8 Å². The third kappa shape index (κ3) is 4.58. The van der Waals surface area contributed by atoms with Gasteiger partial charge in [-0.05, 0) is 61.7 Å². The molecule has 3 rings (SSSR count). The molecule has 0 saturated carbocycles. The summed E-state index contributed by atoms with van der Waals surface area (Å²) in [5.41, 5.74) is 4.20. The van der Waals surface area contributed by atoms with Gasteiger partial charge in [-0.2, -0.15) is 0 Å². The Morgan fingerprint density at radius 2 is 1.79 bits per heavy atom. The Labute approximate surface area is 176 Å². The Hall–Kier alpha value is -1.85. The summed E-state index contributed by atoms with van der Waals surface area (Å²) in [4.78, 5) is 14.9. The first kappa shape index (κ1) is 20.9. The summed E-state index contributed by atoms with van der Waals surface area (Å²) in [6.07, 6.45) is 0.0319. The van der Waals surface area contributed by atoms with Gasteiger partial charge in [-0.3, -0.25) is 0 Å². The molecule has 1 aliphatic heterocycles. The van der Waals surface area contributed by atoms with Gasteiger partial charge in [0.05, 0.1) is 0 Å². The van der Waals surface area contributed by atoms with Crippen LogP contribution in [0.3, 0.4) is 0 Å². The molecule has 0 saturated heterocycles. The van der Waals surface area contributed by atoms with Crippen LogP contribution in [0.1, 0.15) is 35.6 Å². The summed E-state index contributed by atoms with van der Waals surface area (Å²) in [5, 5.41) is 10.7. The molecule has 0 amide bonds. The van der Waals surface area contributed by atoms with E-state index in [1.807, 2.05) is 57.2 Å². The zero-order valence-corrected chi connectivity index (χ0v) is 18.4. The summed E-state index contributed by atoms with van der Waals surface area (Å²) < 4.78 is 5.75. The number of benzene rings is 2. The van der Waals surface area contributed by atoms with Crippen LogP contribution in [0.4, 0.5) is 0 Å². The van der Waals surface area contributed by atoms with Crippen LogP contribution in [-0.2, 0) is 9.53 Å². The molecule has 0 radical (unpaired) electrons. The third-order valence-corrected chi connectivity index (χ3v) is 6.65. The number of hydrogen-bond acceptors (Lipinski definition) is 5. The van der Waals surface area contributed by atoms with Crippen LogP contribution in [0.2, 0.25) is 0 Å². The zero-order valence-electron chi connectivity index (χ0n) is 16.7. The highest BCUT2D eigenvalue weighted by Gasteiger charge is 2.34. The van der Waals surface area contributed by atoms with Crippen LogP contribution >= 0.6 is 24.4 Å². The number of aliphatic hydroxyl groups is 1. The monoisotopic (exact) mass is 414 g/mol. The van der Waals surface area contributed by atoms with E-state index in [0.717, 1.165) is 37.8 Å². The Morgan fingerprint density at radius 3 is 2.36 bits per heavy atom. The molecule has 0 aliphatic carbocycles. The zero-order chi connectivity index (χ0) is 20.4. The predicted molar refractivity (Wildman–Crippen MR) is 118 cm³/mol. The Bertz CT molecular complexity index is 893. The highest BCUT2D eigenvalue weighted by Crippen LogP contribution is 2.35. The molecule has 2 atom stereocenters. The van der Waals surface area contributed by atoms with Crippen LogP contribution in [0.5, 0.6) is 0 Å². The molecule has 28 heavy (non-hydrogen) atoms. The third-order valence-electron chi connectivity index (χ3n) is 5.06. The second-order valence-corrected chi connectivity index (χ2v) is 9.14. The number of thiol groups is 1. The fourth-order valence-corrected chi connectivity index (χ4v) is 4.81. The van der Waals surface area contributed by atoms with Crippen molar-refractivity contribution in [2.45, 2.75) is 50.0 Å². The number of ether oxygens (including phenoxy) is 1. The van der Waals surface area contributed by atoms with Crippen molar-refractivity contribution in [1.29, 1.82) is 0 Å². The second-order valence-electron chi connectivity index (χ2n) is 7.53. The minimum atomic E-state index is -0.430. The van der Waals surface area contributed by atoms with Crippen molar-refractivity contribution in [2.24, 2.45) is 5.92 Å². The Kier molecular flexibility index (Phi) is 6.46. The summed E-state index contributed by atoms with van der Waals surface area (Å²) in [7, 11) is 0. The van der Waals surface area contributed by atoms with Gasteiger partial charge in [-0.1, -0.05) is 24.6 Å². The molecule has 1 heterocycles. The lowest BCUT2D eigenvalue weighted by Gasteiger charge is -2.29. The molecule has 1 N–H and O–H groups in total. The molecule has 1 aliphatic rings. The lowest BCUT2D eigenvalue weighted by atomic mass is 9.89. The van der Waals surface area contributed by atoms with Crippen LogP contribution in [0, 0.1) is 26.7 Å². The Balaban J connectivity index is 1.75. The average molecular weight is 415 g/mol. The van der Waals surface area contributed by atoms with Gasteiger partial charge in [0.2, 0.25) is 0 Å². The number of rotatable bonds is 5. The van der Waals surface area contributed by atoms with Gasteiger partial charge >= 0.3 is 5.97 Å². The van der Waals surface area contributed by atoms with E-state index in [0.29, 0.717) is 12.0 Å². The molecule has 2 unspecified atom stereocenters. The number of carbonyl (C=O) groups is 1. The van der Waals surface area contributed by atoms with E-state index in [2.05, 4.69) is 19.6 Å². The molecule has 0 spiro atoms. The van der Waals surface area contributed by atoms with E-state index < -0.39 is 5.97 Å². The number of carbonyl (C=O) groups excluding carboxylic acids is 1. The minimum Gasteiger partial charge on any atom is -0.511 e. The van der Waals surface area contributed by atoms with E-state index in [1.165, 1.54) is 0 Å². The lowest BCUT2D eigenvalue weighted by molar-refractivity contribution is -0.145. The summed E-state index contributed by atoms with van der Waals surface area (Å²) >= 11 is 6.02. The van der Waals surface area contributed by atoms with Crippen LogP contribution < -0.4 is 0 Å². The van der Waals surface area contributed by atoms with Crippen molar-refractivity contribution >= 4 is 35.9 Å². The van der Waals surface area contributed by atoms with E-state index in [9.17, 15) is 9.90 Å². The number of aliphatic hydroxyl groups excluding tert-OH is 1. The molecular formula is C23H26O3S2. The number of aryl methyl sites for hydroxylation is 3. The summed E-state index contributed by atoms with van der Waals surface area (Å²) in [5.74, 6) is 0.621. The number of hydrogen-bond donors (Lipinski definition) is 2.